The first-order valence-electron chi connectivity index (χ1n) is 7.08. The SMILES string of the molecule is N#C/C(=C\c1cc(Cl)c(OCC(N)=O)c(Cl)c1)c1ccc([N+](=O)[O-])cc1. The first-order chi connectivity index (χ1) is 12.3. The Morgan fingerprint density at radius 2 is 1.85 bits per heavy atom. The summed E-state index contributed by atoms with van der Waals surface area (Å²) < 4.78 is 5.15. The highest BCUT2D eigenvalue weighted by molar-refractivity contribution is 6.37. The average Bonchev–Trinajstić information content (AvgIpc) is 2.58. The van der Waals surface area contributed by atoms with Crippen molar-refractivity contribution in [2.24, 2.45) is 5.73 Å². The van der Waals surface area contributed by atoms with Gasteiger partial charge in [0.15, 0.2) is 12.4 Å². The fraction of sp³-hybridized carbons (Fsp3) is 0.0588. The molecule has 0 saturated carbocycles. The fourth-order valence-corrected chi connectivity index (χ4v) is 2.67. The molecular formula is C17H11Cl2N3O4. The van der Waals surface area contributed by atoms with E-state index in [2.05, 4.69) is 0 Å². The van der Waals surface area contributed by atoms with Crippen molar-refractivity contribution >= 4 is 46.4 Å². The number of amides is 1. The molecule has 7 nitrogen and oxygen atoms in total. The van der Waals surface area contributed by atoms with E-state index in [0.717, 1.165) is 0 Å². The second kappa shape index (κ2) is 8.34. The smallest absolute Gasteiger partial charge is 0.269 e. The first-order valence-corrected chi connectivity index (χ1v) is 7.84. The summed E-state index contributed by atoms with van der Waals surface area (Å²) in [5.74, 6) is -0.566. The highest BCUT2D eigenvalue weighted by atomic mass is 35.5. The number of primary amides is 1. The van der Waals surface area contributed by atoms with Gasteiger partial charge in [0, 0.05) is 12.1 Å². The lowest BCUT2D eigenvalue weighted by molar-refractivity contribution is -0.384. The third-order valence-corrected chi connectivity index (χ3v) is 3.76. The van der Waals surface area contributed by atoms with Crippen LogP contribution in [-0.4, -0.2) is 17.4 Å². The standard InChI is InChI=1S/C17H11Cl2N3O4/c18-14-6-10(7-15(19)17(14)26-9-16(21)23)5-12(8-20)11-1-3-13(4-2-11)22(24)25/h1-7H,9H2,(H2,21,23)/b12-5+. The predicted octanol–water partition coefficient (Wildman–Crippen LogP) is 3.83. The number of hydrogen-bond donors (Lipinski definition) is 1. The number of rotatable bonds is 6. The van der Waals surface area contributed by atoms with Crippen molar-refractivity contribution in [3.05, 3.63) is 67.7 Å². The maximum atomic E-state index is 10.8. The molecule has 0 radical (unpaired) electrons. The molecule has 0 aliphatic rings. The number of nitrogens with two attached hydrogens (primary N) is 1. The van der Waals surface area contributed by atoms with Gasteiger partial charge in [0.2, 0.25) is 0 Å². The Kier molecular flexibility index (Phi) is 6.17. The summed E-state index contributed by atoms with van der Waals surface area (Å²) >= 11 is 12.2. The maximum Gasteiger partial charge on any atom is 0.269 e. The van der Waals surface area contributed by atoms with Crippen LogP contribution in [0.4, 0.5) is 5.69 Å². The fourth-order valence-electron chi connectivity index (χ4n) is 2.05. The van der Waals surface area contributed by atoms with Gasteiger partial charge in [0.25, 0.3) is 11.6 Å². The molecular weight excluding hydrogens is 381 g/mol. The Morgan fingerprint density at radius 1 is 1.27 bits per heavy atom. The van der Waals surface area contributed by atoms with E-state index in [9.17, 15) is 20.2 Å². The van der Waals surface area contributed by atoms with Crippen molar-refractivity contribution in [2.45, 2.75) is 0 Å². The molecule has 9 heteroatoms. The van der Waals surface area contributed by atoms with Gasteiger partial charge >= 0.3 is 0 Å². The normalized spacial score (nSPS) is 10.9. The molecule has 2 aromatic rings. The number of hydrogen-bond acceptors (Lipinski definition) is 5. The van der Waals surface area contributed by atoms with E-state index in [1.807, 2.05) is 6.07 Å². The topological polar surface area (TPSA) is 119 Å². The van der Waals surface area contributed by atoms with Crippen molar-refractivity contribution in [1.82, 2.24) is 0 Å². The molecule has 0 unspecified atom stereocenters. The molecule has 26 heavy (non-hydrogen) atoms. The summed E-state index contributed by atoms with van der Waals surface area (Å²) in [7, 11) is 0. The average molecular weight is 392 g/mol. The van der Waals surface area contributed by atoms with Gasteiger partial charge in [-0.3, -0.25) is 14.9 Å². The van der Waals surface area contributed by atoms with E-state index in [4.69, 9.17) is 33.7 Å². The van der Waals surface area contributed by atoms with Crippen LogP contribution in [-0.2, 0) is 4.79 Å². The molecule has 0 aromatic heterocycles. The Balaban J connectivity index is 2.35. The van der Waals surface area contributed by atoms with Gasteiger partial charge in [-0.15, -0.1) is 0 Å². The summed E-state index contributed by atoms with van der Waals surface area (Å²) in [5.41, 5.74) is 6.21. The number of halogens is 2. The Morgan fingerprint density at radius 3 is 2.31 bits per heavy atom. The van der Waals surface area contributed by atoms with Crippen LogP contribution in [0.25, 0.3) is 11.6 Å². The molecule has 0 aliphatic carbocycles. The zero-order valence-electron chi connectivity index (χ0n) is 13.1. The third kappa shape index (κ3) is 4.72. The minimum Gasteiger partial charge on any atom is -0.481 e. The highest BCUT2D eigenvalue weighted by Gasteiger charge is 2.12. The monoisotopic (exact) mass is 391 g/mol. The Bertz CT molecular complexity index is 911. The van der Waals surface area contributed by atoms with Crippen LogP contribution >= 0.6 is 23.2 Å². The number of carbonyl (C=O) groups is 1. The van der Waals surface area contributed by atoms with Crippen LogP contribution < -0.4 is 10.5 Å². The van der Waals surface area contributed by atoms with Crippen LogP contribution in [0.3, 0.4) is 0 Å². The van der Waals surface area contributed by atoms with Gasteiger partial charge in [0.05, 0.1) is 26.6 Å². The second-order valence-electron chi connectivity index (χ2n) is 5.04. The maximum absolute atomic E-state index is 10.8. The summed E-state index contributed by atoms with van der Waals surface area (Å²) in [4.78, 5) is 21.0. The van der Waals surface area contributed by atoms with E-state index < -0.39 is 10.8 Å². The molecule has 0 bridgehead atoms. The molecule has 0 aliphatic heterocycles. The number of non-ortho nitro benzene ring substituents is 1. The molecule has 2 aromatic carbocycles. The number of carbonyl (C=O) groups excluding carboxylic acids is 1. The zero-order chi connectivity index (χ0) is 19.3. The summed E-state index contributed by atoms with van der Waals surface area (Å²) in [6.45, 7) is -0.374. The van der Waals surface area contributed by atoms with Crippen molar-refractivity contribution in [3.8, 4) is 11.8 Å². The van der Waals surface area contributed by atoms with Gasteiger partial charge in [-0.1, -0.05) is 23.2 Å². The number of ether oxygens (including phenoxy) is 1. The highest BCUT2D eigenvalue weighted by Crippen LogP contribution is 2.35. The van der Waals surface area contributed by atoms with Crippen molar-refractivity contribution in [2.75, 3.05) is 6.61 Å². The van der Waals surface area contributed by atoms with Gasteiger partial charge in [0.1, 0.15) is 0 Å². The van der Waals surface area contributed by atoms with Gasteiger partial charge < -0.3 is 10.5 Å². The van der Waals surface area contributed by atoms with E-state index in [0.29, 0.717) is 11.1 Å². The number of benzene rings is 2. The molecule has 0 saturated heterocycles. The van der Waals surface area contributed by atoms with Crippen LogP contribution in [0.2, 0.25) is 10.0 Å². The zero-order valence-corrected chi connectivity index (χ0v) is 14.6. The van der Waals surface area contributed by atoms with Crippen molar-refractivity contribution in [1.29, 1.82) is 5.26 Å². The van der Waals surface area contributed by atoms with Crippen molar-refractivity contribution < 1.29 is 14.5 Å². The summed E-state index contributed by atoms with van der Waals surface area (Å²) in [6.07, 6.45) is 1.52. The van der Waals surface area contributed by atoms with Gasteiger partial charge in [-0.05, 0) is 41.5 Å². The second-order valence-corrected chi connectivity index (χ2v) is 5.86. The van der Waals surface area contributed by atoms with Crippen LogP contribution in [0, 0.1) is 21.4 Å². The molecule has 2 N–H and O–H groups in total. The number of nitro groups is 1. The van der Waals surface area contributed by atoms with Crippen LogP contribution in [0.15, 0.2) is 36.4 Å². The molecule has 132 valence electrons. The van der Waals surface area contributed by atoms with Gasteiger partial charge in [-0.25, -0.2) is 0 Å². The van der Waals surface area contributed by atoms with Gasteiger partial charge in [-0.2, -0.15) is 5.26 Å². The summed E-state index contributed by atoms with van der Waals surface area (Å²) in [6, 6.07) is 10.6. The minimum absolute atomic E-state index is 0.0759. The van der Waals surface area contributed by atoms with E-state index >= 15 is 0 Å². The predicted molar refractivity (Wildman–Crippen MR) is 97.7 cm³/mol. The first kappa shape index (κ1) is 19.2. The largest absolute Gasteiger partial charge is 0.481 e. The Labute approximate surface area is 158 Å². The van der Waals surface area contributed by atoms with E-state index in [1.165, 1.54) is 42.5 Å². The minimum atomic E-state index is -0.675. The Hall–Kier alpha value is -3.08. The number of nitro benzene ring substituents is 1. The summed E-state index contributed by atoms with van der Waals surface area (Å²) in [5, 5.41) is 20.4. The number of nitriles is 1. The number of allylic oxidation sites excluding steroid dienone is 1. The van der Waals surface area contributed by atoms with E-state index in [-0.39, 0.29) is 33.7 Å². The molecule has 1 amide bonds. The molecule has 0 spiro atoms. The van der Waals surface area contributed by atoms with E-state index in [1.54, 1.807) is 0 Å². The van der Waals surface area contributed by atoms with Crippen LogP contribution in [0.1, 0.15) is 11.1 Å². The molecule has 2 rings (SSSR count). The van der Waals surface area contributed by atoms with Crippen molar-refractivity contribution in [3.63, 3.8) is 0 Å². The lowest BCUT2D eigenvalue weighted by atomic mass is 10.0. The number of nitrogens with zero attached hydrogens (tertiary/aromatic N) is 2. The third-order valence-electron chi connectivity index (χ3n) is 3.20. The lowest BCUT2D eigenvalue weighted by Crippen LogP contribution is -2.20. The van der Waals surface area contributed by atoms with Crippen LogP contribution in [0.5, 0.6) is 5.75 Å². The lowest BCUT2D eigenvalue weighted by Gasteiger charge is -2.09. The molecule has 0 fully saturated rings. The quantitative estimate of drug-likeness (QED) is 0.347. The molecule has 0 heterocycles. The molecule has 0 atom stereocenters.